The van der Waals surface area contributed by atoms with Gasteiger partial charge in [0, 0.05) is 0 Å². The second-order valence-electron chi connectivity index (χ2n) is 2.79. The second-order valence-corrected chi connectivity index (χ2v) is 2.79. The molecule has 0 aliphatic heterocycles. The van der Waals surface area contributed by atoms with Gasteiger partial charge in [0.1, 0.15) is 0 Å². The topological polar surface area (TPSA) is 0 Å². The molecule has 0 heterocycles. The van der Waals surface area contributed by atoms with Crippen LogP contribution < -0.4 is 10.4 Å². The van der Waals surface area contributed by atoms with Crippen LogP contribution in [0.25, 0.3) is 12.7 Å². The van der Waals surface area contributed by atoms with E-state index in [-0.39, 0.29) is 0 Å². The predicted octanol–water partition coefficient (Wildman–Crippen LogP) is 0.990. The van der Waals surface area contributed by atoms with Gasteiger partial charge in [-0.15, -0.1) is 0 Å². The van der Waals surface area contributed by atoms with Crippen LogP contribution in [0.15, 0.2) is 30.4 Å². The van der Waals surface area contributed by atoms with Crippen LogP contribution in [0.4, 0.5) is 0 Å². The molecular weight excluding hydrogens is 132 g/mol. The van der Waals surface area contributed by atoms with Gasteiger partial charge in [-0.25, -0.2) is 0 Å². The van der Waals surface area contributed by atoms with Gasteiger partial charge in [0.25, 0.3) is 0 Å². The summed E-state index contributed by atoms with van der Waals surface area (Å²) in [6, 6.07) is 6.27. The highest BCUT2D eigenvalue weighted by Gasteiger charge is 1.95. The fourth-order valence-corrected chi connectivity index (χ4v) is 1.42. The second kappa shape index (κ2) is 2.39. The van der Waals surface area contributed by atoms with Gasteiger partial charge in [-0.05, 0) is 22.4 Å². The van der Waals surface area contributed by atoms with E-state index in [2.05, 4.69) is 43.0 Å². The molecule has 0 saturated heterocycles. The molecule has 1 aromatic carbocycles. The molecule has 0 radical (unpaired) electrons. The van der Waals surface area contributed by atoms with E-state index in [4.69, 9.17) is 0 Å². The van der Waals surface area contributed by atoms with Gasteiger partial charge < -0.3 is 0 Å². The predicted molar refractivity (Wildman–Crippen MR) is 48.5 cm³/mol. The van der Waals surface area contributed by atoms with Crippen molar-refractivity contribution >= 4 is 12.7 Å². The molecule has 2 rings (SSSR count). The average Bonchev–Trinajstić information content (AvgIpc) is 2.06. The Kier molecular flexibility index (Phi) is 1.39. The number of fused-ring (bicyclic) bond motifs is 1. The molecule has 0 atom stereocenters. The molecule has 0 spiro atoms. The molecule has 0 saturated carbocycles. The van der Waals surface area contributed by atoms with Gasteiger partial charge in [0.2, 0.25) is 0 Å². The van der Waals surface area contributed by atoms with E-state index in [1.165, 1.54) is 10.8 Å². The van der Waals surface area contributed by atoms with Crippen molar-refractivity contribution in [1.29, 1.82) is 0 Å². The lowest BCUT2D eigenvalue weighted by atomic mass is 10.0. The standard InChI is InChI=1S/C11H10/c1-9-5-4-7-10-6-2-3-8-11(9)10/h2-5,7-8H,1,6H2. The van der Waals surface area contributed by atoms with E-state index in [1.807, 2.05) is 0 Å². The summed E-state index contributed by atoms with van der Waals surface area (Å²) < 4.78 is 0. The average molecular weight is 142 g/mol. The highest BCUT2D eigenvalue weighted by atomic mass is 14.0. The molecule has 0 bridgehead atoms. The molecular formula is C11H10. The zero-order valence-electron chi connectivity index (χ0n) is 6.38. The smallest absolute Gasteiger partial charge is 0.00882 e. The lowest BCUT2D eigenvalue weighted by Gasteiger charge is -2.02. The van der Waals surface area contributed by atoms with Crippen LogP contribution in [-0.2, 0) is 6.42 Å². The lowest BCUT2D eigenvalue weighted by molar-refractivity contribution is 1.21. The van der Waals surface area contributed by atoms with Crippen molar-refractivity contribution < 1.29 is 0 Å². The Labute approximate surface area is 66.2 Å². The summed E-state index contributed by atoms with van der Waals surface area (Å²) in [4.78, 5) is 0. The van der Waals surface area contributed by atoms with E-state index in [0.717, 1.165) is 11.6 Å². The van der Waals surface area contributed by atoms with Crippen LogP contribution in [-0.4, -0.2) is 0 Å². The van der Waals surface area contributed by atoms with Crippen LogP contribution in [0.5, 0.6) is 0 Å². The third-order valence-corrected chi connectivity index (χ3v) is 2.02. The number of hydrogen-bond donors (Lipinski definition) is 0. The van der Waals surface area contributed by atoms with E-state index in [1.54, 1.807) is 0 Å². The Morgan fingerprint density at radius 3 is 3.00 bits per heavy atom. The molecule has 0 aromatic heterocycles. The fraction of sp³-hybridized carbons (Fsp3) is 0.0909. The zero-order valence-corrected chi connectivity index (χ0v) is 6.38. The SMILES string of the molecule is C=c1cccc2c1=CC=CC2. The van der Waals surface area contributed by atoms with Gasteiger partial charge in [-0.3, -0.25) is 0 Å². The van der Waals surface area contributed by atoms with Gasteiger partial charge in [0.05, 0.1) is 0 Å². The molecule has 0 fully saturated rings. The third kappa shape index (κ3) is 1.01. The maximum Gasteiger partial charge on any atom is -0.00882 e. The Morgan fingerprint density at radius 2 is 2.18 bits per heavy atom. The first-order valence-electron chi connectivity index (χ1n) is 3.81. The molecule has 11 heavy (non-hydrogen) atoms. The molecule has 1 aliphatic carbocycles. The number of rotatable bonds is 0. The fourth-order valence-electron chi connectivity index (χ4n) is 1.42. The normalized spacial score (nSPS) is 13.8. The largest absolute Gasteiger partial charge is 0.0911 e. The zero-order chi connectivity index (χ0) is 7.68. The summed E-state index contributed by atoms with van der Waals surface area (Å²) in [6.45, 7) is 3.97. The monoisotopic (exact) mass is 142 g/mol. The lowest BCUT2D eigenvalue weighted by Crippen LogP contribution is -2.27. The van der Waals surface area contributed by atoms with Crippen molar-refractivity contribution in [3.63, 3.8) is 0 Å². The van der Waals surface area contributed by atoms with Crippen LogP contribution in [0.1, 0.15) is 5.56 Å². The van der Waals surface area contributed by atoms with Gasteiger partial charge in [0.15, 0.2) is 0 Å². The molecule has 0 nitrogen and oxygen atoms in total. The summed E-state index contributed by atoms with van der Waals surface area (Å²) in [5.41, 5.74) is 1.39. The summed E-state index contributed by atoms with van der Waals surface area (Å²) in [6.07, 6.45) is 7.44. The number of hydrogen-bond acceptors (Lipinski definition) is 0. The minimum absolute atomic E-state index is 1.05. The minimum atomic E-state index is 1.05. The Morgan fingerprint density at radius 1 is 1.27 bits per heavy atom. The summed E-state index contributed by atoms with van der Waals surface area (Å²) in [5.74, 6) is 0. The molecule has 0 heteroatoms. The Balaban J connectivity index is 2.88. The van der Waals surface area contributed by atoms with Crippen molar-refractivity contribution in [2.24, 2.45) is 0 Å². The van der Waals surface area contributed by atoms with E-state index in [9.17, 15) is 0 Å². The van der Waals surface area contributed by atoms with Crippen molar-refractivity contribution in [3.05, 3.63) is 46.4 Å². The minimum Gasteiger partial charge on any atom is -0.0911 e. The first kappa shape index (κ1) is 6.41. The molecule has 1 aromatic rings. The van der Waals surface area contributed by atoms with E-state index < -0.39 is 0 Å². The van der Waals surface area contributed by atoms with Gasteiger partial charge in [-0.1, -0.05) is 43.0 Å². The first-order chi connectivity index (χ1) is 5.38. The van der Waals surface area contributed by atoms with Crippen molar-refractivity contribution in [1.82, 2.24) is 0 Å². The van der Waals surface area contributed by atoms with Crippen LogP contribution >= 0.6 is 0 Å². The van der Waals surface area contributed by atoms with Crippen LogP contribution in [0, 0.1) is 0 Å². The quantitative estimate of drug-likeness (QED) is 0.506. The molecule has 0 amide bonds. The molecule has 54 valence electrons. The van der Waals surface area contributed by atoms with Crippen LogP contribution in [0.2, 0.25) is 0 Å². The van der Waals surface area contributed by atoms with E-state index >= 15 is 0 Å². The van der Waals surface area contributed by atoms with Crippen molar-refractivity contribution in [2.75, 3.05) is 0 Å². The Bertz CT molecular complexity index is 397. The number of allylic oxidation sites excluding steroid dienone is 2. The third-order valence-electron chi connectivity index (χ3n) is 2.02. The van der Waals surface area contributed by atoms with E-state index in [0.29, 0.717) is 0 Å². The molecule has 1 aliphatic rings. The molecule has 0 unspecified atom stereocenters. The summed E-state index contributed by atoms with van der Waals surface area (Å²) >= 11 is 0. The van der Waals surface area contributed by atoms with Gasteiger partial charge >= 0.3 is 0 Å². The van der Waals surface area contributed by atoms with Crippen LogP contribution in [0.3, 0.4) is 0 Å². The van der Waals surface area contributed by atoms with Gasteiger partial charge in [-0.2, -0.15) is 0 Å². The highest BCUT2D eigenvalue weighted by molar-refractivity contribution is 5.45. The van der Waals surface area contributed by atoms with Crippen molar-refractivity contribution in [2.45, 2.75) is 6.42 Å². The summed E-state index contributed by atoms with van der Waals surface area (Å²) in [5, 5.41) is 2.43. The highest BCUT2D eigenvalue weighted by Crippen LogP contribution is 1.96. The van der Waals surface area contributed by atoms with Crippen molar-refractivity contribution in [3.8, 4) is 0 Å². The maximum atomic E-state index is 3.97. The first-order valence-corrected chi connectivity index (χ1v) is 3.81. The number of benzene rings is 1. The Hall–Kier alpha value is -1.30. The molecule has 0 N–H and O–H groups in total. The maximum absolute atomic E-state index is 3.97. The summed E-state index contributed by atoms with van der Waals surface area (Å²) in [7, 11) is 0.